The van der Waals surface area contributed by atoms with Crippen LogP contribution in [0.15, 0.2) is 11.2 Å². The Morgan fingerprint density at radius 3 is 2.60 bits per heavy atom. The SMILES string of the molecule is CC(C)(C)C1CCC(CC(=O)NS(=O)(=O)c2cnc3n2CCC3)CC1. The number of aromatic nitrogens is 2. The van der Waals surface area contributed by atoms with E-state index in [0.29, 0.717) is 17.9 Å². The van der Waals surface area contributed by atoms with E-state index in [0.717, 1.165) is 44.3 Å². The van der Waals surface area contributed by atoms with Gasteiger partial charge in [-0.1, -0.05) is 20.8 Å². The number of nitrogens with zero attached hydrogens (tertiary/aromatic N) is 2. The predicted octanol–water partition coefficient (Wildman–Crippen LogP) is 2.88. The number of hydrogen-bond donors (Lipinski definition) is 1. The van der Waals surface area contributed by atoms with Gasteiger partial charge in [-0.3, -0.25) is 4.79 Å². The minimum Gasteiger partial charge on any atom is -0.318 e. The molecule has 0 aromatic carbocycles. The number of carbonyl (C=O) groups excluding carboxylic acids is 1. The van der Waals surface area contributed by atoms with Gasteiger partial charge in [-0.15, -0.1) is 0 Å². The van der Waals surface area contributed by atoms with Crippen LogP contribution in [0.5, 0.6) is 0 Å². The molecule has 0 spiro atoms. The lowest BCUT2D eigenvalue weighted by Crippen LogP contribution is -2.34. The summed E-state index contributed by atoms with van der Waals surface area (Å²) in [6.45, 7) is 7.44. The van der Waals surface area contributed by atoms with Crippen LogP contribution in [0.3, 0.4) is 0 Å². The van der Waals surface area contributed by atoms with Crippen molar-refractivity contribution in [2.24, 2.45) is 17.3 Å². The van der Waals surface area contributed by atoms with Crippen molar-refractivity contribution in [3.63, 3.8) is 0 Å². The van der Waals surface area contributed by atoms with Gasteiger partial charge in [0, 0.05) is 19.4 Å². The lowest BCUT2D eigenvalue weighted by Gasteiger charge is -2.36. The smallest absolute Gasteiger partial charge is 0.281 e. The van der Waals surface area contributed by atoms with Gasteiger partial charge in [0.05, 0.1) is 6.20 Å². The van der Waals surface area contributed by atoms with Crippen molar-refractivity contribution in [2.75, 3.05) is 0 Å². The molecule has 0 unspecified atom stereocenters. The van der Waals surface area contributed by atoms with Crippen molar-refractivity contribution >= 4 is 15.9 Å². The van der Waals surface area contributed by atoms with E-state index < -0.39 is 15.9 Å². The van der Waals surface area contributed by atoms with Crippen LogP contribution in [-0.4, -0.2) is 23.9 Å². The number of carbonyl (C=O) groups is 1. The first-order valence-electron chi connectivity index (χ1n) is 9.27. The highest BCUT2D eigenvalue weighted by Crippen LogP contribution is 2.40. The van der Waals surface area contributed by atoms with Crippen molar-refractivity contribution in [1.29, 1.82) is 0 Å². The molecule has 1 aromatic rings. The number of fused-ring (bicyclic) bond motifs is 1. The molecule has 0 radical (unpaired) electrons. The van der Waals surface area contributed by atoms with Gasteiger partial charge in [0.1, 0.15) is 5.82 Å². The summed E-state index contributed by atoms with van der Waals surface area (Å²) < 4.78 is 28.9. The fraction of sp³-hybridized carbons (Fsp3) is 0.778. The standard InChI is InChI=1S/C18H29N3O3S/c1-18(2,3)14-8-6-13(7-9-14)11-16(22)20-25(23,24)17-12-19-15-5-4-10-21(15)17/h12-14H,4-11H2,1-3H3,(H,20,22). The molecule has 0 atom stereocenters. The number of nitrogens with one attached hydrogen (secondary N) is 1. The van der Waals surface area contributed by atoms with Crippen LogP contribution in [0.1, 0.15) is 65.1 Å². The molecule has 1 saturated carbocycles. The number of amides is 1. The topological polar surface area (TPSA) is 81.1 Å². The Bertz CT molecular complexity index is 738. The van der Waals surface area contributed by atoms with Gasteiger partial charge in [0.2, 0.25) is 5.91 Å². The van der Waals surface area contributed by atoms with Crippen molar-refractivity contribution in [2.45, 2.75) is 77.3 Å². The number of imidazole rings is 1. The Morgan fingerprint density at radius 2 is 1.96 bits per heavy atom. The second-order valence-corrected chi connectivity index (χ2v) is 10.2. The van der Waals surface area contributed by atoms with Crippen molar-refractivity contribution in [3.8, 4) is 0 Å². The Kier molecular flexibility index (Phi) is 4.97. The molecule has 2 heterocycles. The molecule has 0 bridgehead atoms. The Morgan fingerprint density at radius 1 is 1.28 bits per heavy atom. The summed E-state index contributed by atoms with van der Waals surface area (Å²) in [5.74, 6) is 1.36. The summed E-state index contributed by atoms with van der Waals surface area (Å²) >= 11 is 0. The molecule has 3 rings (SSSR count). The largest absolute Gasteiger partial charge is 0.318 e. The van der Waals surface area contributed by atoms with E-state index >= 15 is 0 Å². The van der Waals surface area contributed by atoms with Crippen LogP contribution < -0.4 is 4.72 Å². The molecule has 25 heavy (non-hydrogen) atoms. The fourth-order valence-electron chi connectivity index (χ4n) is 4.18. The van der Waals surface area contributed by atoms with Gasteiger partial charge >= 0.3 is 0 Å². The summed E-state index contributed by atoms with van der Waals surface area (Å²) in [6, 6.07) is 0. The van der Waals surface area contributed by atoms with Gasteiger partial charge in [-0.05, 0) is 49.4 Å². The third-order valence-electron chi connectivity index (χ3n) is 5.75. The van der Waals surface area contributed by atoms with Gasteiger partial charge in [-0.2, -0.15) is 8.42 Å². The second-order valence-electron chi connectivity index (χ2n) is 8.58. The Balaban J connectivity index is 1.56. The first-order chi connectivity index (χ1) is 11.7. The first-order valence-corrected chi connectivity index (χ1v) is 10.7. The van der Waals surface area contributed by atoms with E-state index in [1.54, 1.807) is 4.57 Å². The molecule has 1 fully saturated rings. The molecule has 1 aliphatic heterocycles. The summed E-state index contributed by atoms with van der Waals surface area (Å²) in [7, 11) is -3.83. The van der Waals surface area contributed by atoms with E-state index in [9.17, 15) is 13.2 Å². The lowest BCUT2D eigenvalue weighted by molar-refractivity contribution is -0.120. The van der Waals surface area contributed by atoms with Crippen molar-refractivity contribution in [3.05, 3.63) is 12.0 Å². The minimum atomic E-state index is -3.83. The zero-order valence-corrected chi connectivity index (χ0v) is 16.2. The van der Waals surface area contributed by atoms with Crippen LogP contribution in [-0.2, 0) is 27.8 Å². The quantitative estimate of drug-likeness (QED) is 0.887. The van der Waals surface area contributed by atoms with Crippen LogP contribution in [0.4, 0.5) is 0 Å². The maximum Gasteiger partial charge on any atom is 0.281 e. The number of aryl methyl sites for hydroxylation is 1. The lowest BCUT2D eigenvalue weighted by atomic mass is 9.69. The van der Waals surface area contributed by atoms with Crippen LogP contribution in [0, 0.1) is 17.3 Å². The highest BCUT2D eigenvalue weighted by atomic mass is 32.2. The van der Waals surface area contributed by atoms with E-state index in [2.05, 4.69) is 30.5 Å². The van der Waals surface area contributed by atoms with Crippen molar-refractivity contribution in [1.82, 2.24) is 14.3 Å². The molecule has 1 amide bonds. The summed E-state index contributed by atoms with van der Waals surface area (Å²) in [4.78, 5) is 16.4. The highest BCUT2D eigenvalue weighted by molar-refractivity contribution is 7.90. The Hall–Kier alpha value is -1.37. The molecular formula is C18H29N3O3S. The van der Waals surface area contributed by atoms with E-state index in [4.69, 9.17) is 0 Å². The fourth-order valence-corrected chi connectivity index (χ4v) is 5.35. The molecule has 1 aromatic heterocycles. The average Bonchev–Trinajstić information content (AvgIpc) is 3.08. The molecule has 140 valence electrons. The number of hydrogen-bond acceptors (Lipinski definition) is 4. The molecule has 1 aliphatic carbocycles. The minimum absolute atomic E-state index is 0.116. The number of sulfonamides is 1. The van der Waals surface area contributed by atoms with Crippen LogP contribution >= 0.6 is 0 Å². The van der Waals surface area contributed by atoms with Gasteiger partial charge in [0.25, 0.3) is 10.0 Å². The monoisotopic (exact) mass is 367 g/mol. The van der Waals surface area contributed by atoms with E-state index in [-0.39, 0.29) is 17.4 Å². The maximum atomic E-state index is 12.5. The van der Waals surface area contributed by atoms with Crippen LogP contribution in [0.25, 0.3) is 0 Å². The second kappa shape index (κ2) is 6.74. The van der Waals surface area contributed by atoms with Gasteiger partial charge in [0.15, 0.2) is 5.03 Å². The zero-order valence-electron chi connectivity index (χ0n) is 15.4. The first kappa shape index (κ1) is 18.4. The third kappa shape index (κ3) is 4.07. The molecular weight excluding hydrogens is 338 g/mol. The third-order valence-corrected chi connectivity index (χ3v) is 7.13. The summed E-state index contributed by atoms with van der Waals surface area (Å²) in [5.41, 5.74) is 0.305. The van der Waals surface area contributed by atoms with Crippen LogP contribution in [0.2, 0.25) is 0 Å². The number of rotatable bonds is 4. The molecule has 6 nitrogen and oxygen atoms in total. The molecule has 7 heteroatoms. The van der Waals surface area contributed by atoms with Gasteiger partial charge in [-0.25, -0.2) is 9.71 Å². The maximum absolute atomic E-state index is 12.5. The molecule has 1 N–H and O–H groups in total. The zero-order chi connectivity index (χ0) is 18.2. The molecule has 2 aliphatic rings. The summed E-state index contributed by atoms with van der Waals surface area (Å²) in [5, 5.41) is 0.116. The normalized spacial score (nSPS) is 24.1. The summed E-state index contributed by atoms with van der Waals surface area (Å²) in [6.07, 6.45) is 7.57. The van der Waals surface area contributed by atoms with E-state index in [1.165, 1.54) is 6.20 Å². The van der Waals surface area contributed by atoms with Crippen molar-refractivity contribution < 1.29 is 13.2 Å². The van der Waals surface area contributed by atoms with Gasteiger partial charge < -0.3 is 4.57 Å². The predicted molar refractivity (Wildman–Crippen MR) is 95.4 cm³/mol. The van der Waals surface area contributed by atoms with E-state index in [1.807, 2.05) is 0 Å². The highest BCUT2D eigenvalue weighted by Gasteiger charge is 2.32. The Labute approximate surface area is 150 Å². The average molecular weight is 368 g/mol. The molecule has 0 saturated heterocycles.